The molecule has 9 nitrogen and oxygen atoms in total. The summed E-state index contributed by atoms with van der Waals surface area (Å²) in [5, 5.41) is 18.4. The van der Waals surface area contributed by atoms with Crippen LogP contribution in [0.4, 0.5) is 5.69 Å². The second-order valence-electron chi connectivity index (χ2n) is 13.0. The molecule has 1 aliphatic heterocycles. The topological polar surface area (TPSA) is 110 Å². The van der Waals surface area contributed by atoms with Gasteiger partial charge in [-0.3, -0.25) is 9.69 Å². The van der Waals surface area contributed by atoms with Gasteiger partial charge < -0.3 is 24.4 Å². The van der Waals surface area contributed by atoms with Gasteiger partial charge in [-0.25, -0.2) is 0 Å². The number of methoxy groups -OCH3 is 1. The van der Waals surface area contributed by atoms with Crippen molar-refractivity contribution < 1.29 is 23.9 Å². The largest absolute Gasteiger partial charge is 0.481 e. The van der Waals surface area contributed by atoms with Gasteiger partial charge in [-0.1, -0.05) is 54.9 Å². The Labute approximate surface area is 259 Å². The number of hydrogen-bond acceptors (Lipinski definition) is 8. The molecular weight excluding hydrogens is 568 g/mol. The van der Waals surface area contributed by atoms with Crippen molar-refractivity contribution in [3.8, 4) is 22.8 Å². The lowest BCUT2D eigenvalue weighted by Gasteiger charge is -2.38. The number of likely N-dealkylation sites (tertiary alicyclic amines) is 1. The molecule has 1 aliphatic rings. The van der Waals surface area contributed by atoms with Gasteiger partial charge in [-0.15, -0.1) is 0 Å². The highest BCUT2D eigenvalue weighted by atomic mass is 35.5. The second-order valence-corrected chi connectivity index (χ2v) is 13.4. The number of nitrogens with zero attached hydrogens (tertiary/aromatic N) is 3. The summed E-state index contributed by atoms with van der Waals surface area (Å²) in [5.74, 6) is 0.590. The van der Waals surface area contributed by atoms with E-state index in [4.69, 9.17) is 25.6 Å². The zero-order chi connectivity index (χ0) is 31.2. The second kappa shape index (κ2) is 14.2. The molecule has 2 aromatic carbocycles. The molecule has 2 N–H and O–H groups in total. The van der Waals surface area contributed by atoms with Crippen LogP contribution in [0, 0.1) is 11.3 Å². The summed E-state index contributed by atoms with van der Waals surface area (Å²) in [5.41, 5.74) is 3.84. The van der Waals surface area contributed by atoms with Crippen molar-refractivity contribution in [1.29, 1.82) is 0 Å². The molecule has 0 amide bonds. The third-order valence-electron chi connectivity index (χ3n) is 7.69. The molecule has 3 aromatic rings. The van der Waals surface area contributed by atoms with Crippen LogP contribution in [-0.2, 0) is 27.2 Å². The van der Waals surface area contributed by atoms with Gasteiger partial charge in [0.1, 0.15) is 0 Å². The molecule has 10 heteroatoms. The van der Waals surface area contributed by atoms with Crippen LogP contribution in [0.25, 0.3) is 22.8 Å². The number of ether oxygens (including phenoxy) is 2. The third kappa shape index (κ3) is 8.79. The van der Waals surface area contributed by atoms with Crippen LogP contribution in [0.1, 0.15) is 58.6 Å². The first-order valence-electron chi connectivity index (χ1n) is 15.0. The van der Waals surface area contributed by atoms with E-state index in [9.17, 15) is 9.90 Å². The molecule has 1 aromatic heterocycles. The number of carboxylic acid groups (broad SMARTS) is 1. The number of hydrogen-bond donors (Lipinski definition) is 2. The summed E-state index contributed by atoms with van der Waals surface area (Å²) in [6.07, 6.45) is 1.96. The Hall–Kier alpha value is -2.98. The third-order valence-corrected chi connectivity index (χ3v) is 8.02. The highest BCUT2D eigenvalue weighted by Crippen LogP contribution is 2.36. The van der Waals surface area contributed by atoms with Gasteiger partial charge >= 0.3 is 5.97 Å². The molecule has 1 saturated heterocycles. The van der Waals surface area contributed by atoms with Crippen LogP contribution in [0.15, 0.2) is 40.9 Å². The summed E-state index contributed by atoms with van der Waals surface area (Å²) < 4.78 is 16.3. The lowest BCUT2D eigenvalue weighted by molar-refractivity contribution is -0.157. The number of aromatic nitrogens is 2. The van der Waals surface area contributed by atoms with Gasteiger partial charge in [0, 0.05) is 41.0 Å². The minimum Gasteiger partial charge on any atom is -0.481 e. The molecule has 43 heavy (non-hydrogen) atoms. The quantitative estimate of drug-likeness (QED) is 0.201. The minimum atomic E-state index is -0.840. The zero-order valence-corrected chi connectivity index (χ0v) is 27.0. The van der Waals surface area contributed by atoms with Gasteiger partial charge in [0.2, 0.25) is 5.82 Å². The standard InChI is InChI=1S/C33H45ClN4O5/c1-22(2)17-26-27(34)18-25(19-28(26)36-32(3,4)5)30-35-29(37-43-30)24-9-7-23(8-10-24)20-38-13-11-33(12-14-38,31(39)40)21-42-16-15-41-6/h7-10,18-19,22,36H,11-17,20-21H2,1-6H3,(H,39,40). The van der Waals surface area contributed by atoms with Crippen molar-refractivity contribution in [2.24, 2.45) is 11.3 Å². The highest BCUT2D eigenvalue weighted by Gasteiger charge is 2.41. The Balaban J connectivity index is 1.42. The predicted octanol–water partition coefficient (Wildman–Crippen LogP) is 6.80. The molecule has 0 spiro atoms. The first-order chi connectivity index (χ1) is 20.4. The van der Waals surface area contributed by atoms with E-state index >= 15 is 0 Å². The van der Waals surface area contributed by atoms with Gasteiger partial charge in [0.05, 0.1) is 25.2 Å². The first kappa shape index (κ1) is 32.9. The number of carbonyl (C=O) groups is 1. The first-order valence-corrected chi connectivity index (χ1v) is 15.3. The maximum Gasteiger partial charge on any atom is 0.312 e. The van der Waals surface area contributed by atoms with Crippen molar-refractivity contribution in [2.75, 3.05) is 45.3 Å². The van der Waals surface area contributed by atoms with Crippen LogP contribution in [0.5, 0.6) is 0 Å². The smallest absolute Gasteiger partial charge is 0.312 e. The summed E-state index contributed by atoms with van der Waals surface area (Å²) >= 11 is 6.77. The summed E-state index contributed by atoms with van der Waals surface area (Å²) in [4.78, 5) is 19.0. The Morgan fingerprint density at radius 2 is 1.84 bits per heavy atom. The number of halogens is 1. The summed E-state index contributed by atoms with van der Waals surface area (Å²) in [6, 6.07) is 12.0. The molecular formula is C33H45ClN4O5. The van der Waals surface area contributed by atoms with E-state index in [0.717, 1.165) is 40.9 Å². The van der Waals surface area contributed by atoms with E-state index in [1.54, 1.807) is 7.11 Å². The van der Waals surface area contributed by atoms with Crippen LogP contribution >= 0.6 is 11.6 Å². The average Bonchev–Trinajstić information content (AvgIpc) is 3.44. The van der Waals surface area contributed by atoms with Crippen molar-refractivity contribution in [3.05, 3.63) is 52.5 Å². The molecule has 0 atom stereocenters. The molecule has 2 heterocycles. The van der Waals surface area contributed by atoms with E-state index in [0.29, 0.717) is 61.8 Å². The molecule has 0 radical (unpaired) electrons. The Morgan fingerprint density at radius 1 is 1.14 bits per heavy atom. The number of anilines is 1. The monoisotopic (exact) mass is 612 g/mol. The van der Waals surface area contributed by atoms with Crippen molar-refractivity contribution in [3.63, 3.8) is 0 Å². The van der Waals surface area contributed by atoms with E-state index in [1.807, 2.05) is 24.3 Å². The van der Waals surface area contributed by atoms with Crippen LogP contribution in [0.2, 0.25) is 5.02 Å². The summed E-state index contributed by atoms with van der Waals surface area (Å²) in [6.45, 7) is 13.9. The fourth-order valence-corrected chi connectivity index (χ4v) is 5.63. The average molecular weight is 613 g/mol. The molecule has 0 unspecified atom stereocenters. The fraction of sp³-hybridized carbons (Fsp3) is 0.545. The predicted molar refractivity (Wildman–Crippen MR) is 169 cm³/mol. The highest BCUT2D eigenvalue weighted by molar-refractivity contribution is 6.32. The number of nitrogens with one attached hydrogen (secondary N) is 1. The Bertz CT molecular complexity index is 1360. The van der Waals surface area contributed by atoms with Crippen LogP contribution < -0.4 is 5.32 Å². The van der Waals surface area contributed by atoms with Crippen molar-refractivity contribution >= 4 is 23.3 Å². The zero-order valence-electron chi connectivity index (χ0n) is 26.2. The SMILES string of the molecule is COCCOCC1(C(=O)O)CCN(Cc2ccc(-c3noc(-c4cc(Cl)c(CC(C)C)c(NC(C)(C)C)c4)n3)cc2)CC1. The molecule has 0 saturated carbocycles. The molecule has 0 bridgehead atoms. The van der Waals surface area contributed by atoms with Crippen molar-refractivity contribution in [1.82, 2.24) is 15.0 Å². The number of rotatable bonds is 13. The number of piperidine rings is 1. The van der Waals surface area contributed by atoms with E-state index in [-0.39, 0.29) is 12.1 Å². The number of benzene rings is 2. The number of carboxylic acids is 1. The van der Waals surface area contributed by atoms with Crippen LogP contribution in [-0.4, -0.2) is 71.7 Å². The lowest BCUT2D eigenvalue weighted by Crippen LogP contribution is -2.46. The normalized spacial score (nSPS) is 15.6. The number of aliphatic carboxylic acids is 1. The van der Waals surface area contributed by atoms with Crippen molar-refractivity contribution in [2.45, 2.75) is 66.0 Å². The van der Waals surface area contributed by atoms with Crippen LogP contribution in [0.3, 0.4) is 0 Å². The maximum absolute atomic E-state index is 12.1. The Morgan fingerprint density at radius 3 is 2.44 bits per heavy atom. The van der Waals surface area contributed by atoms with Gasteiger partial charge in [0.15, 0.2) is 0 Å². The van der Waals surface area contributed by atoms with E-state index < -0.39 is 11.4 Å². The maximum atomic E-state index is 12.1. The molecule has 234 valence electrons. The minimum absolute atomic E-state index is 0.137. The molecule has 1 fully saturated rings. The Kier molecular flexibility index (Phi) is 10.9. The lowest BCUT2D eigenvalue weighted by atomic mass is 9.79. The molecule has 0 aliphatic carbocycles. The van der Waals surface area contributed by atoms with Gasteiger partial charge in [-0.2, -0.15) is 4.98 Å². The fourth-order valence-electron chi connectivity index (χ4n) is 5.34. The van der Waals surface area contributed by atoms with E-state index in [2.05, 4.69) is 67.1 Å². The molecule has 4 rings (SSSR count). The van der Waals surface area contributed by atoms with E-state index in [1.165, 1.54) is 0 Å². The summed E-state index contributed by atoms with van der Waals surface area (Å²) in [7, 11) is 1.60. The van der Waals surface area contributed by atoms with Gasteiger partial charge in [0.25, 0.3) is 5.89 Å². The van der Waals surface area contributed by atoms with Gasteiger partial charge in [-0.05, 0) is 82.3 Å².